The van der Waals surface area contributed by atoms with Crippen molar-refractivity contribution in [2.75, 3.05) is 26.7 Å². The van der Waals surface area contributed by atoms with Gasteiger partial charge in [-0.1, -0.05) is 26.7 Å². The van der Waals surface area contributed by atoms with Gasteiger partial charge >= 0.3 is 0 Å². The minimum absolute atomic E-state index is 0. The summed E-state index contributed by atoms with van der Waals surface area (Å²) >= 11 is 0. The Hall–Kier alpha value is -0.0400. The Bertz CT molecular complexity index is 241. The second-order valence-electron chi connectivity index (χ2n) is 5.40. The van der Waals surface area contributed by atoms with Gasteiger partial charge in [0.2, 0.25) is 0 Å². The van der Waals surface area contributed by atoms with Gasteiger partial charge in [0.05, 0.1) is 6.10 Å². The summed E-state index contributed by atoms with van der Waals surface area (Å²) in [6, 6.07) is 0. The highest BCUT2D eigenvalue weighted by molar-refractivity contribution is 14.0. The Morgan fingerprint density at radius 3 is 2.68 bits per heavy atom. The predicted molar refractivity (Wildman–Crippen MR) is 92.4 cm³/mol. The topological polar surface area (TPSA) is 45.7 Å². The van der Waals surface area contributed by atoms with Crippen LogP contribution < -0.4 is 10.6 Å². The quantitative estimate of drug-likeness (QED) is 0.308. The number of aliphatic imine (C=N–C) groups is 1. The molecule has 0 spiro atoms. The summed E-state index contributed by atoms with van der Waals surface area (Å²) in [7, 11) is 1.82. The summed E-state index contributed by atoms with van der Waals surface area (Å²) in [6.07, 6.45) is 6.52. The maximum Gasteiger partial charge on any atom is 0.191 e. The highest BCUT2D eigenvalue weighted by Crippen LogP contribution is 2.10. The number of hydrogen-bond acceptors (Lipinski definition) is 2. The fourth-order valence-electron chi connectivity index (χ4n) is 2.12. The molecule has 19 heavy (non-hydrogen) atoms. The second-order valence-corrected chi connectivity index (χ2v) is 5.40. The lowest BCUT2D eigenvalue weighted by Crippen LogP contribution is -2.41. The van der Waals surface area contributed by atoms with E-state index < -0.39 is 0 Å². The first kappa shape index (κ1) is 19.0. The zero-order chi connectivity index (χ0) is 13.2. The van der Waals surface area contributed by atoms with Crippen LogP contribution in [0.25, 0.3) is 0 Å². The molecule has 5 heteroatoms. The van der Waals surface area contributed by atoms with Gasteiger partial charge in [-0.15, -0.1) is 24.0 Å². The van der Waals surface area contributed by atoms with Crippen LogP contribution in [0.1, 0.15) is 46.0 Å². The van der Waals surface area contributed by atoms with Crippen LogP contribution in [-0.4, -0.2) is 38.8 Å². The molecule has 0 radical (unpaired) electrons. The Labute approximate surface area is 135 Å². The minimum atomic E-state index is 0. The molecule has 0 amide bonds. The van der Waals surface area contributed by atoms with Gasteiger partial charge in [0.15, 0.2) is 5.96 Å². The molecular formula is C14H30IN3O. The first-order chi connectivity index (χ1) is 8.72. The molecule has 1 rings (SSSR count). The van der Waals surface area contributed by atoms with Crippen LogP contribution in [0.5, 0.6) is 0 Å². The number of ether oxygens (including phenoxy) is 1. The first-order valence-electron chi connectivity index (χ1n) is 7.28. The molecule has 0 aromatic rings. The third kappa shape index (κ3) is 9.49. The molecule has 2 N–H and O–H groups in total. The number of rotatable bonds is 7. The highest BCUT2D eigenvalue weighted by Gasteiger charge is 2.15. The average molecular weight is 383 g/mol. The maximum absolute atomic E-state index is 5.57. The molecule has 1 aliphatic heterocycles. The van der Waals surface area contributed by atoms with Crippen LogP contribution in [0.15, 0.2) is 4.99 Å². The van der Waals surface area contributed by atoms with Crippen molar-refractivity contribution in [2.45, 2.75) is 52.1 Å². The van der Waals surface area contributed by atoms with Crippen LogP contribution in [0.3, 0.4) is 0 Å². The summed E-state index contributed by atoms with van der Waals surface area (Å²) in [5.41, 5.74) is 0. The zero-order valence-corrected chi connectivity index (χ0v) is 14.9. The Morgan fingerprint density at radius 1 is 1.32 bits per heavy atom. The average Bonchev–Trinajstić information content (AvgIpc) is 2.85. The molecule has 1 fully saturated rings. The van der Waals surface area contributed by atoms with Gasteiger partial charge in [0.1, 0.15) is 0 Å². The van der Waals surface area contributed by atoms with E-state index in [1.165, 1.54) is 32.1 Å². The Kier molecular flexibility index (Phi) is 11.7. The molecule has 1 unspecified atom stereocenters. The van der Waals surface area contributed by atoms with Crippen molar-refractivity contribution < 1.29 is 4.74 Å². The molecule has 1 aliphatic rings. The summed E-state index contributed by atoms with van der Waals surface area (Å²) < 4.78 is 5.57. The van der Waals surface area contributed by atoms with Gasteiger partial charge in [-0.25, -0.2) is 0 Å². The van der Waals surface area contributed by atoms with Crippen molar-refractivity contribution in [1.29, 1.82) is 0 Å². The van der Waals surface area contributed by atoms with Gasteiger partial charge in [0.25, 0.3) is 0 Å². The molecule has 1 heterocycles. The van der Waals surface area contributed by atoms with Crippen LogP contribution in [0.4, 0.5) is 0 Å². The lowest BCUT2D eigenvalue weighted by atomic mass is 10.1. The highest BCUT2D eigenvalue weighted by atomic mass is 127. The fraction of sp³-hybridized carbons (Fsp3) is 0.929. The number of unbranched alkanes of at least 4 members (excludes halogenated alkanes) is 1. The molecule has 0 bridgehead atoms. The summed E-state index contributed by atoms with van der Waals surface area (Å²) in [5, 5.41) is 6.68. The summed E-state index contributed by atoms with van der Waals surface area (Å²) in [5.74, 6) is 1.71. The molecule has 0 aliphatic carbocycles. The number of guanidine groups is 1. The van der Waals surface area contributed by atoms with E-state index >= 15 is 0 Å². The normalized spacial score (nSPS) is 19.4. The van der Waals surface area contributed by atoms with E-state index in [-0.39, 0.29) is 24.0 Å². The summed E-state index contributed by atoms with van der Waals surface area (Å²) in [4.78, 5) is 4.22. The van der Waals surface area contributed by atoms with Crippen molar-refractivity contribution in [3.8, 4) is 0 Å². The minimum Gasteiger partial charge on any atom is -0.376 e. The van der Waals surface area contributed by atoms with Crippen molar-refractivity contribution in [2.24, 2.45) is 10.9 Å². The SMILES string of the molecule is CN=C(NCCCCC(C)C)NCC1CCCO1.I. The van der Waals surface area contributed by atoms with Crippen molar-refractivity contribution in [1.82, 2.24) is 10.6 Å². The van der Waals surface area contributed by atoms with Crippen molar-refractivity contribution >= 4 is 29.9 Å². The number of nitrogens with zero attached hydrogens (tertiary/aromatic N) is 1. The number of hydrogen-bond donors (Lipinski definition) is 2. The molecular weight excluding hydrogens is 353 g/mol. The molecule has 0 aromatic carbocycles. The molecule has 0 saturated carbocycles. The molecule has 4 nitrogen and oxygen atoms in total. The van der Waals surface area contributed by atoms with E-state index in [0.29, 0.717) is 6.10 Å². The molecule has 1 saturated heterocycles. The molecule has 1 atom stereocenters. The lowest BCUT2D eigenvalue weighted by molar-refractivity contribution is 0.114. The van der Waals surface area contributed by atoms with Crippen LogP contribution >= 0.6 is 24.0 Å². The predicted octanol–water partition coefficient (Wildman–Crippen LogP) is 2.77. The van der Waals surface area contributed by atoms with E-state index in [1.807, 2.05) is 7.05 Å². The molecule has 114 valence electrons. The van der Waals surface area contributed by atoms with Gasteiger partial charge < -0.3 is 15.4 Å². The Morgan fingerprint density at radius 2 is 2.11 bits per heavy atom. The van der Waals surface area contributed by atoms with Gasteiger partial charge in [-0.05, 0) is 25.2 Å². The lowest BCUT2D eigenvalue weighted by Gasteiger charge is -2.15. The van der Waals surface area contributed by atoms with E-state index in [0.717, 1.165) is 31.6 Å². The van der Waals surface area contributed by atoms with Gasteiger partial charge in [0, 0.05) is 26.7 Å². The first-order valence-corrected chi connectivity index (χ1v) is 7.28. The third-order valence-electron chi connectivity index (χ3n) is 3.25. The van der Waals surface area contributed by atoms with Gasteiger partial charge in [-0.2, -0.15) is 0 Å². The largest absolute Gasteiger partial charge is 0.376 e. The van der Waals surface area contributed by atoms with Crippen LogP contribution in [0, 0.1) is 5.92 Å². The van der Waals surface area contributed by atoms with E-state index in [9.17, 15) is 0 Å². The van der Waals surface area contributed by atoms with E-state index in [1.54, 1.807) is 0 Å². The monoisotopic (exact) mass is 383 g/mol. The standard InChI is InChI=1S/C14H29N3O.HI/c1-12(2)7-4-5-9-16-14(15-3)17-11-13-8-6-10-18-13;/h12-13H,4-11H2,1-3H3,(H2,15,16,17);1H. The van der Waals surface area contributed by atoms with Crippen LogP contribution in [-0.2, 0) is 4.74 Å². The van der Waals surface area contributed by atoms with Crippen molar-refractivity contribution in [3.05, 3.63) is 0 Å². The molecule has 0 aromatic heterocycles. The fourth-order valence-corrected chi connectivity index (χ4v) is 2.12. The number of nitrogens with one attached hydrogen (secondary N) is 2. The Balaban J connectivity index is 0.00000324. The van der Waals surface area contributed by atoms with E-state index in [2.05, 4.69) is 29.5 Å². The third-order valence-corrected chi connectivity index (χ3v) is 3.25. The van der Waals surface area contributed by atoms with E-state index in [4.69, 9.17) is 4.74 Å². The zero-order valence-electron chi connectivity index (χ0n) is 12.6. The second kappa shape index (κ2) is 11.8. The van der Waals surface area contributed by atoms with Crippen molar-refractivity contribution in [3.63, 3.8) is 0 Å². The summed E-state index contributed by atoms with van der Waals surface area (Å²) in [6.45, 7) is 7.32. The van der Waals surface area contributed by atoms with Gasteiger partial charge in [-0.3, -0.25) is 4.99 Å². The maximum atomic E-state index is 5.57. The van der Waals surface area contributed by atoms with Crippen LogP contribution in [0.2, 0.25) is 0 Å². The smallest absolute Gasteiger partial charge is 0.191 e. The number of halogens is 1.